The number of carboxylic acids is 1. The first-order valence-corrected chi connectivity index (χ1v) is 5.10. The first-order valence-electron chi connectivity index (χ1n) is 5.10. The number of rotatable bonds is 6. The monoisotopic (exact) mass is 224 g/mol. The van der Waals surface area contributed by atoms with Crippen molar-refractivity contribution in [2.75, 3.05) is 30.8 Å². The summed E-state index contributed by atoms with van der Waals surface area (Å²) in [6.45, 7) is 3.59. The molecule has 0 aromatic heterocycles. The molecule has 0 aliphatic heterocycles. The maximum Gasteiger partial charge on any atom is 0.337 e. The summed E-state index contributed by atoms with van der Waals surface area (Å²) in [6, 6.07) is 4.80. The Hall–Kier alpha value is -1.75. The number of aromatic carboxylic acids is 1. The fraction of sp³-hybridized carbons (Fsp3) is 0.364. The summed E-state index contributed by atoms with van der Waals surface area (Å²) in [7, 11) is 0. The van der Waals surface area contributed by atoms with E-state index in [1.54, 1.807) is 12.1 Å². The highest BCUT2D eigenvalue weighted by molar-refractivity contribution is 5.97. The molecular formula is C11H16N2O3. The highest BCUT2D eigenvalue weighted by atomic mass is 16.5. The van der Waals surface area contributed by atoms with Gasteiger partial charge in [0.15, 0.2) is 0 Å². The van der Waals surface area contributed by atoms with Crippen molar-refractivity contribution in [1.82, 2.24) is 0 Å². The Morgan fingerprint density at radius 2 is 2.31 bits per heavy atom. The van der Waals surface area contributed by atoms with Gasteiger partial charge in [0.2, 0.25) is 0 Å². The molecule has 0 fully saturated rings. The Kier molecular flexibility index (Phi) is 4.60. The van der Waals surface area contributed by atoms with Crippen LogP contribution < -0.4 is 11.1 Å². The number of hydrogen-bond donors (Lipinski definition) is 3. The third-order valence-electron chi connectivity index (χ3n) is 2.08. The van der Waals surface area contributed by atoms with Gasteiger partial charge in [0.1, 0.15) is 0 Å². The molecule has 0 saturated heterocycles. The van der Waals surface area contributed by atoms with E-state index in [0.717, 1.165) is 0 Å². The number of para-hydroxylation sites is 1. The molecule has 0 aliphatic rings. The summed E-state index contributed by atoms with van der Waals surface area (Å²) in [4.78, 5) is 10.9. The molecule has 0 aliphatic carbocycles. The van der Waals surface area contributed by atoms with Gasteiger partial charge in [-0.3, -0.25) is 0 Å². The Morgan fingerprint density at radius 1 is 1.56 bits per heavy atom. The standard InChI is InChI=1S/C11H16N2O3/c1-2-16-7-6-13-10-8(11(14)15)4-3-5-9(10)12/h3-5,13H,2,6-7,12H2,1H3,(H,14,15). The van der Waals surface area contributed by atoms with E-state index < -0.39 is 5.97 Å². The van der Waals surface area contributed by atoms with Crippen LogP contribution in [0.25, 0.3) is 0 Å². The molecule has 5 nitrogen and oxygen atoms in total. The minimum absolute atomic E-state index is 0.177. The van der Waals surface area contributed by atoms with Crippen molar-refractivity contribution in [2.24, 2.45) is 0 Å². The number of carbonyl (C=O) groups is 1. The van der Waals surface area contributed by atoms with Gasteiger partial charge >= 0.3 is 5.97 Å². The summed E-state index contributed by atoms with van der Waals surface area (Å²) in [5.74, 6) is -0.994. The van der Waals surface area contributed by atoms with Gasteiger partial charge in [0, 0.05) is 13.2 Å². The van der Waals surface area contributed by atoms with Crippen molar-refractivity contribution in [1.29, 1.82) is 0 Å². The summed E-state index contributed by atoms with van der Waals surface area (Å²) in [5, 5.41) is 11.9. The average molecular weight is 224 g/mol. The van der Waals surface area contributed by atoms with Crippen molar-refractivity contribution >= 4 is 17.3 Å². The second-order valence-corrected chi connectivity index (χ2v) is 3.20. The second-order valence-electron chi connectivity index (χ2n) is 3.20. The Balaban J connectivity index is 2.73. The molecule has 0 bridgehead atoms. The van der Waals surface area contributed by atoms with Gasteiger partial charge in [0.05, 0.1) is 23.5 Å². The molecule has 0 radical (unpaired) electrons. The lowest BCUT2D eigenvalue weighted by atomic mass is 10.1. The quantitative estimate of drug-likeness (QED) is 0.502. The predicted molar refractivity (Wildman–Crippen MR) is 62.8 cm³/mol. The van der Waals surface area contributed by atoms with Crippen molar-refractivity contribution in [2.45, 2.75) is 6.92 Å². The van der Waals surface area contributed by atoms with E-state index in [2.05, 4.69) is 5.32 Å². The fourth-order valence-electron chi connectivity index (χ4n) is 1.34. The van der Waals surface area contributed by atoms with Crippen LogP contribution in [-0.4, -0.2) is 30.8 Å². The third-order valence-corrected chi connectivity index (χ3v) is 2.08. The normalized spacial score (nSPS) is 10.1. The van der Waals surface area contributed by atoms with Crippen LogP contribution in [0.15, 0.2) is 18.2 Å². The lowest BCUT2D eigenvalue weighted by Gasteiger charge is -2.11. The number of carboxylic acid groups (broad SMARTS) is 1. The van der Waals surface area contributed by atoms with Gasteiger partial charge < -0.3 is 20.9 Å². The van der Waals surface area contributed by atoms with Gasteiger partial charge in [-0.2, -0.15) is 0 Å². The van der Waals surface area contributed by atoms with Crippen molar-refractivity contribution in [3.8, 4) is 0 Å². The van der Waals surface area contributed by atoms with Crippen molar-refractivity contribution in [3.63, 3.8) is 0 Å². The average Bonchev–Trinajstić information content (AvgIpc) is 2.25. The van der Waals surface area contributed by atoms with Crippen molar-refractivity contribution < 1.29 is 14.6 Å². The minimum atomic E-state index is -0.994. The predicted octanol–water partition coefficient (Wildman–Crippen LogP) is 1.42. The molecule has 1 rings (SSSR count). The van der Waals surface area contributed by atoms with E-state index in [9.17, 15) is 4.79 Å². The topological polar surface area (TPSA) is 84.6 Å². The molecule has 1 aromatic rings. The number of anilines is 2. The summed E-state index contributed by atoms with van der Waals surface area (Å²) in [5.41, 5.74) is 6.77. The molecule has 5 heteroatoms. The molecule has 0 heterocycles. The number of benzene rings is 1. The molecule has 0 saturated carbocycles. The molecule has 88 valence electrons. The van der Waals surface area contributed by atoms with E-state index in [4.69, 9.17) is 15.6 Å². The smallest absolute Gasteiger partial charge is 0.337 e. The maximum atomic E-state index is 10.9. The van der Waals surface area contributed by atoms with Crippen LogP contribution in [0.2, 0.25) is 0 Å². The summed E-state index contributed by atoms with van der Waals surface area (Å²) in [6.07, 6.45) is 0. The summed E-state index contributed by atoms with van der Waals surface area (Å²) >= 11 is 0. The van der Waals surface area contributed by atoms with Gasteiger partial charge in [-0.25, -0.2) is 4.79 Å². The van der Waals surface area contributed by atoms with Crippen LogP contribution in [0.4, 0.5) is 11.4 Å². The van der Waals surface area contributed by atoms with Gasteiger partial charge in [0.25, 0.3) is 0 Å². The third kappa shape index (κ3) is 3.13. The van der Waals surface area contributed by atoms with Gasteiger partial charge in [-0.05, 0) is 19.1 Å². The Bertz CT molecular complexity index is 366. The molecular weight excluding hydrogens is 208 g/mol. The minimum Gasteiger partial charge on any atom is -0.478 e. The Morgan fingerprint density at radius 3 is 2.94 bits per heavy atom. The first-order chi connectivity index (χ1) is 7.66. The van der Waals surface area contributed by atoms with Crippen LogP contribution in [-0.2, 0) is 4.74 Å². The van der Waals surface area contributed by atoms with Crippen molar-refractivity contribution in [3.05, 3.63) is 23.8 Å². The number of hydrogen-bond acceptors (Lipinski definition) is 4. The van der Waals surface area contributed by atoms with Crippen LogP contribution in [0.5, 0.6) is 0 Å². The van der Waals surface area contributed by atoms with Crippen LogP contribution >= 0.6 is 0 Å². The molecule has 1 aromatic carbocycles. The number of nitrogen functional groups attached to an aromatic ring is 1. The molecule has 16 heavy (non-hydrogen) atoms. The molecule has 0 spiro atoms. The van der Waals surface area contributed by atoms with E-state index in [0.29, 0.717) is 31.1 Å². The van der Waals surface area contributed by atoms with Gasteiger partial charge in [-0.1, -0.05) is 6.07 Å². The number of ether oxygens (including phenoxy) is 1. The number of nitrogens with two attached hydrogens (primary N) is 1. The van der Waals surface area contributed by atoms with E-state index in [1.807, 2.05) is 6.92 Å². The lowest BCUT2D eigenvalue weighted by molar-refractivity contribution is 0.0698. The van der Waals surface area contributed by atoms with Gasteiger partial charge in [-0.15, -0.1) is 0 Å². The highest BCUT2D eigenvalue weighted by Crippen LogP contribution is 2.23. The fourth-order valence-corrected chi connectivity index (χ4v) is 1.34. The maximum absolute atomic E-state index is 10.9. The van der Waals surface area contributed by atoms with Crippen LogP contribution in [0.1, 0.15) is 17.3 Å². The zero-order chi connectivity index (χ0) is 12.0. The van der Waals surface area contributed by atoms with E-state index in [-0.39, 0.29) is 5.56 Å². The largest absolute Gasteiger partial charge is 0.478 e. The van der Waals surface area contributed by atoms with Crippen LogP contribution in [0.3, 0.4) is 0 Å². The summed E-state index contributed by atoms with van der Waals surface area (Å²) < 4.78 is 5.14. The number of nitrogens with one attached hydrogen (secondary N) is 1. The Labute approximate surface area is 94.2 Å². The van der Waals surface area contributed by atoms with E-state index >= 15 is 0 Å². The zero-order valence-electron chi connectivity index (χ0n) is 9.19. The molecule has 0 amide bonds. The second kappa shape index (κ2) is 5.97. The lowest BCUT2D eigenvalue weighted by Crippen LogP contribution is -2.13. The molecule has 0 atom stereocenters. The van der Waals surface area contributed by atoms with E-state index in [1.165, 1.54) is 6.07 Å². The molecule has 0 unspecified atom stereocenters. The van der Waals surface area contributed by atoms with Crippen LogP contribution in [0, 0.1) is 0 Å². The highest BCUT2D eigenvalue weighted by Gasteiger charge is 2.11. The zero-order valence-corrected chi connectivity index (χ0v) is 9.19. The SMILES string of the molecule is CCOCCNc1c(N)cccc1C(=O)O. The molecule has 4 N–H and O–H groups in total. The first kappa shape index (κ1) is 12.3.